The second-order valence-corrected chi connectivity index (χ2v) is 4.64. The van der Waals surface area contributed by atoms with Gasteiger partial charge in [0.2, 0.25) is 0 Å². The number of hydrogen-bond donors (Lipinski definition) is 1. The van der Waals surface area contributed by atoms with Crippen molar-refractivity contribution in [3.05, 3.63) is 64.2 Å². The highest BCUT2D eigenvalue weighted by molar-refractivity contribution is 5.63. The number of benzene rings is 2. The van der Waals surface area contributed by atoms with Crippen LogP contribution in [0.15, 0.2) is 36.4 Å². The van der Waals surface area contributed by atoms with Gasteiger partial charge in [-0.1, -0.05) is 17.9 Å². The number of alkyl halides is 3. The van der Waals surface area contributed by atoms with Crippen molar-refractivity contribution < 1.29 is 13.2 Å². The van der Waals surface area contributed by atoms with Gasteiger partial charge in [-0.25, -0.2) is 0 Å². The Kier molecular flexibility index (Phi) is 4.10. The molecule has 0 heterocycles. The Bertz CT molecular complexity index is 819. The van der Waals surface area contributed by atoms with Crippen LogP contribution in [0, 0.1) is 30.1 Å². The van der Waals surface area contributed by atoms with E-state index in [1.54, 1.807) is 19.1 Å². The van der Waals surface area contributed by atoms with E-state index in [2.05, 4.69) is 11.8 Å². The lowest BCUT2D eigenvalue weighted by molar-refractivity contribution is -0.137. The molecule has 5 heteroatoms. The molecule has 0 aliphatic heterocycles. The minimum absolute atomic E-state index is 0.254. The van der Waals surface area contributed by atoms with Crippen molar-refractivity contribution in [2.45, 2.75) is 13.1 Å². The Morgan fingerprint density at radius 2 is 1.82 bits per heavy atom. The third kappa shape index (κ3) is 3.21. The second-order valence-electron chi connectivity index (χ2n) is 4.64. The highest BCUT2D eigenvalue weighted by Crippen LogP contribution is 2.29. The van der Waals surface area contributed by atoms with Gasteiger partial charge in [0.25, 0.3) is 0 Å². The van der Waals surface area contributed by atoms with Crippen molar-refractivity contribution in [1.29, 1.82) is 5.26 Å². The van der Waals surface area contributed by atoms with Crippen LogP contribution in [0.2, 0.25) is 0 Å². The van der Waals surface area contributed by atoms with Gasteiger partial charge in [-0.3, -0.25) is 0 Å². The molecule has 2 nitrogen and oxygen atoms in total. The first-order valence-electron chi connectivity index (χ1n) is 6.31. The van der Waals surface area contributed by atoms with E-state index in [-0.39, 0.29) is 5.56 Å². The van der Waals surface area contributed by atoms with E-state index < -0.39 is 11.7 Å². The Morgan fingerprint density at radius 1 is 1.09 bits per heavy atom. The van der Waals surface area contributed by atoms with E-state index >= 15 is 0 Å². The van der Waals surface area contributed by atoms with Crippen molar-refractivity contribution in [3.8, 4) is 17.9 Å². The fourth-order valence-electron chi connectivity index (χ4n) is 1.93. The number of halogens is 3. The number of anilines is 1. The summed E-state index contributed by atoms with van der Waals surface area (Å²) in [5.74, 6) is 5.47. The molecule has 0 fully saturated rings. The maximum Gasteiger partial charge on any atom is 0.416 e. The van der Waals surface area contributed by atoms with E-state index in [1.807, 2.05) is 6.07 Å². The summed E-state index contributed by atoms with van der Waals surface area (Å²) >= 11 is 0. The van der Waals surface area contributed by atoms with Crippen molar-refractivity contribution in [1.82, 2.24) is 0 Å². The number of hydrogen-bond acceptors (Lipinski definition) is 2. The molecule has 0 aromatic heterocycles. The first-order valence-corrected chi connectivity index (χ1v) is 6.31. The smallest absolute Gasteiger partial charge is 0.398 e. The first kappa shape index (κ1) is 15.5. The molecule has 0 spiro atoms. The van der Waals surface area contributed by atoms with Crippen LogP contribution in [0.4, 0.5) is 18.9 Å². The zero-order valence-corrected chi connectivity index (χ0v) is 11.6. The van der Waals surface area contributed by atoms with Crippen LogP contribution >= 0.6 is 0 Å². The van der Waals surface area contributed by atoms with Gasteiger partial charge < -0.3 is 5.73 Å². The number of nitrogen functional groups attached to an aromatic ring is 1. The predicted octanol–water partition coefficient (Wildman–Crippen LogP) is 3.87. The topological polar surface area (TPSA) is 49.8 Å². The summed E-state index contributed by atoms with van der Waals surface area (Å²) in [5, 5.41) is 9.03. The molecule has 0 saturated carbocycles. The monoisotopic (exact) mass is 300 g/mol. The zero-order valence-electron chi connectivity index (χ0n) is 11.6. The molecule has 2 N–H and O–H groups in total. The van der Waals surface area contributed by atoms with E-state index in [0.29, 0.717) is 22.4 Å². The number of nitriles is 1. The molecule has 22 heavy (non-hydrogen) atoms. The molecule has 2 aromatic carbocycles. The van der Waals surface area contributed by atoms with Crippen LogP contribution in [0.25, 0.3) is 0 Å². The molecule has 0 unspecified atom stereocenters. The quantitative estimate of drug-likeness (QED) is 0.593. The Morgan fingerprint density at radius 3 is 2.45 bits per heavy atom. The summed E-state index contributed by atoms with van der Waals surface area (Å²) in [7, 11) is 0. The summed E-state index contributed by atoms with van der Waals surface area (Å²) in [4.78, 5) is 0. The van der Waals surface area contributed by atoms with E-state index in [4.69, 9.17) is 11.0 Å². The van der Waals surface area contributed by atoms with Gasteiger partial charge in [0, 0.05) is 16.8 Å². The van der Waals surface area contributed by atoms with Crippen molar-refractivity contribution in [2.24, 2.45) is 0 Å². The third-order valence-electron chi connectivity index (χ3n) is 3.14. The Hall–Kier alpha value is -2.92. The van der Waals surface area contributed by atoms with Crippen LogP contribution < -0.4 is 5.73 Å². The van der Waals surface area contributed by atoms with Gasteiger partial charge in [0.05, 0.1) is 11.1 Å². The molecule has 110 valence electrons. The lowest BCUT2D eigenvalue weighted by Gasteiger charge is -2.06. The predicted molar refractivity (Wildman–Crippen MR) is 77.7 cm³/mol. The minimum atomic E-state index is -4.40. The minimum Gasteiger partial charge on any atom is -0.398 e. The lowest BCUT2D eigenvalue weighted by Crippen LogP contribution is -2.04. The second kappa shape index (κ2) is 5.83. The summed E-state index contributed by atoms with van der Waals surface area (Å²) < 4.78 is 37.9. The van der Waals surface area contributed by atoms with E-state index in [9.17, 15) is 13.2 Å². The molecule has 0 atom stereocenters. The molecule has 2 rings (SSSR count). The van der Waals surface area contributed by atoms with E-state index in [1.165, 1.54) is 12.1 Å². The molecular weight excluding hydrogens is 289 g/mol. The number of nitrogens with two attached hydrogens (primary N) is 1. The highest BCUT2D eigenvalue weighted by atomic mass is 19.4. The SMILES string of the molecule is Cc1c(C#Cc2cccc(C(F)(F)F)c2)ccc(N)c1C#N. The normalized spacial score (nSPS) is 10.5. The molecule has 0 saturated heterocycles. The molecule has 0 radical (unpaired) electrons. The van der Waals surface area contributed by atoms with Crippen LogP contribution in [-0.4, -0.2) is 0 Å². The van der Waals surface area contributed by atoms with Crippen molar-refractivity contribution >= 4 is 5.69 Å². The molecule has 2 aromatic rings. The number of rotatable bonds is 0. The number of nitrogens with zero attached hydrogens (tertiary/aromatic N) is 1. The average molecular weight is 300 g/mol. The highest BCUT2D eigenvalue weighted by Gasteiger charge is 2.30. The van der Waals surface area contributed by atoms with Crippen molar-refractivity contribution in [2.75, 3.05) is 5.73 Å². The standard InChI is InChI=1S/C17H11F3N2/c1-11-13(7-8-16(22)15(11)10-21)6-5-12-3-2-4-14(9-12)17(18,19)20/h2-4,7-9H,22H2,1H3. The average Bonchev–Trinajstić information content (AvgIpc) is 2.46. The Balaban J connectivity index is 2.42. The van der Waals surface area contributed by atoms with Gasteiger partial charge in [0.15, 0.2) is 0 Å². The van der Waals surface area contributed by atoms with Crippen LogP contribution in [0.1, 0.15) is 27.8 Å². The summed E-state index contributed by atoms with van der Waals surface area (Å²) in [6.07, 6.45) is -4.40. The van der Waals surface area contributed by atoms with Crippen LogP contribution in [-0.2, 0) is 6.18 Å². The largest absolute Gasteiger partial charge is 0.416 e. The lowest BCUT2D eigenvalue weighted by atomic mass is 10.0. The van der Waals surface area contributed by atoms with Crippen molar-refractivity contribution in [3.63, 3.8) is 0 Å². The van der Waals surface area contributed by atoms with E-state index in [0.717, 1.165) is 12.1 Å². The Labute approximate surface area is 126 Å². The summed E-state index contributed by atoms with van der Waals surface area (Å²) in [6.45, 7) is 1.70. The molecule has 0 bridgehead atoms. The summed E-state index contributed by atoms with van der Waals surface area (Å²) in [6, 6.07) is 9.99. The molecule has 0 aliphatic rings. The van der Waals surface area contributed by atoms with Crippen LogP contribution in [0.5, 0.6) is 0 Å². The van der Waals surface area contributed by atoms with Gasteiger partial charge in [-0.05, 0) is 42.8 Å². The molecule has 0 aliphatic carbocycles. The zero-order chi connectivity index (χ0) is 16.3. The fourth-order valence-corrected chi connectivity index (χ4v) is 1.93. The van der Waals surface area contributed by atoms with Gasteiger partial charge in [0.1, 0.15) is 6.07 Å². The molecular formula is C17H11F3N2. The van der Waals surface area contributed by atoms with Crippen LogP contribution in [0.3, 0.4) is 0 Å². The van der Waals surface area contributed by atoms with Gasteiger partial charge in [-0.2, -0.15) is 18.4 Å². The summed E-state index contributed by atoms with van der Waals surface area (Å²) in [5.41, 5.74) is 7.04. The fraction of sp³-hybridized carbons (Fsp3) is 0.118. The maximum absolute atomic E-state index is 12.6. The first-order chi connectivity index (χ1) is 10.3. The van der Waals surface area contributed by atoms with Gasteiger partial charge >= 0.3 is 6.18 Å². The maximum atomic E-state index is 12.6. The van der Waals surface area contributed by atoms with Gasteiger partial charge in [-0.15, -0.1) is 0 Å². The third-order valence-corrected chi connectivity index (χ3v) is 3.14. The molecule has 0 amide bonds.